The van der Waals surface area contributed by atoms with Gasteiger partial charge in [0.1, 0.15) is 0 Å². The van der Waals surface area contributed by atoms with Crippen molar-refractivity contribution in [1.29, 1.82) is 0 Å². The lowest BCUT2D eigenvalue weighted by molar-refractivity contribution is 0.559. The Morgan fingerprint density at radius 3 is 2.56 bits per heavy atom. The van der Waals surface area contributed by atoms with Gasteiger partial charge in [-0.15, -0.1) is 0 Å². The lowest BCUT2D eigenvalue weighted by Gasteiger charge is -2.16. The molecule has 0 saturated carbocycles. The Labute approximate surface area is 108 Å². The van der Waals surface area contributed by atoms with Gasteiger partial charge in [-0.3, -0.25) is 9.67 Å². The molecule has 0 amide bonds. The summed E-state index contributed by atoms with van der Waals surface area (Å²) in [5, 5.41) is 7.72. The molecule has 18 heavy (non-hydrogen) atoms. The first-order valence-corrected chi connectivity index (χ1v) is 6.19. The van der Waals surface area contributed by atoms with E-state index in [2.05, 4.69) is 27.5 Å². The van der Waals surface area contributed by atoms with Gasteiger partial charge in [0.15, 0.2) is 0 Å². The minimum absolute atomic E-state index is 0.271. The molecule has 1 N–H and O–H groups in total. The van der Waals surface area contributed by atoms with Crippen LogP contribution in [0.4, 0.5) is 0 Å². The molecule has 0 fully saturated rings. The van der Waals surface area contributed by atoms with Gasteiger partial charge in [-0.2, -0.15) is 5.10 Å². The van der Waals surface area contributed by atoms with Gasteiger partial charge in [-0.1, -0.05) is 6.07 Å². The van der Waals surface area contributed by atoms with Crippen molar-refractivity contribution in [3.8, 4) is 0 Å². The minimum Gasteiger partial charge on any atom is -0.313 e. The Morgan fingerprint density at radius 2 is 2.06 bits per heavy atom. The molecule has 4 nitrogen and oxygen atoms in total. The van der Waals surface area contributed by atoms with E-state index in [-0.39, 0.29) is 6.04 Å². The molecule has 0 spiro atoms. The summed E-state index contributed by atoms with van der Waals surface area (Å²) in [6.07, 6.45) is 2.86. The summed E-state index contributed by atoms with van der Waals surface area (Å²) in [7, 11) is 3.97. The summed E-state index contributed by atoms with van der Waals surface area (Å²) >= 11 is 0. The molecule has 2 aromatic heterocycles. The first-order valence-electron chi connectivity index (χ1n) is 6.19. The van der Waals surface area contributed by atoms with E-state index in [9.17, 15) is 0 Å². The summed E-state index contributed by atoms with van der Waals surface area (Å²) in [5.74, 6) is 0. The van der Waals surface area contributed by atoms with E-state index < -0.39 is 0 Å². The molecule has 1 atom stereocenters. The van der Waals surface area contributed by atoms with E-state index in [1.54, 1.807) is 0 Å². The van der Waals surface area contributed by atoms with E-state index >= 15 is 0 Å². The fraction of sp³-hybridized carbons (Fsp3) is 0.429. The highest BCUT2D eigenvalue weighted by molar-refractivity contribution is 5.20. The summed E-state index contributed by atoms with van der Waals surface area (Å²) < 4.78 is 1.95. The fourth-order valence-electron chi connectivity index (χ4n) is 2.14. The van der Waals surface area contributed by atoms with Gasteiger partial charge in [0.25, 0.3) is 0 Å². The quantitative estimate of drug-likeness (QED) is 0.893. The van der Waals surface area contributed by atoms with Crippen LogP contribution in [0.1, 0.15) is 28.7 Å². The topological polar surface area (TPSA) is 42.7 Å². The number of hydrogen-bond acceptors (Lipinski definition) is 3. The summed E-state index contributed by atoms with van der Waals surface area (Å²) in [5.41, 5.74) is 4.55. The molecular formula is C14H20N4. The number of aryl methyl sites for hydroxylation is 3. The van der Waals surface area contributed by atoms with Crippen molar-refractivity contribution in [2.75, 3.05) is 7.05 Å². The van der Waals surface area contributed by atoms with Crippen molar-refractivity contribution in [3.05, 3.63) is 47.0 Å². The Morgan fingerprint density at radius 1 is 1.28 bits per heavy atom. The zero-order valence-corrected chi connectivity index (χ0v) is 11.4. The van der Waals surface area contributed by atoms with Gasteiger partial charge < -0.3 is 5.32 Å². The highest BCUT2D eigenvalue weighted by atomic mass is 15.3. The zero-order chi connectivity index (χ0) is 13.1. The third-order valence-corrected chi connectivity index (χ3v) is 3.20. The van der Waals surface area contributed by atoms with Crippen molar-refractivity contribution in [1.82, 2.24) is 20.1 Å². The number of nitrogens with one attached hydrogen (secondary N) is 1. The Kier molecular flexibility index (Phi) is 3.77. The van der Waals surface area contributed by atoms with Crippen LogP contribution in [-0.2, 0) is 13.5 Å². The number of rotatable bonds is 4. The predicted octanol–water partition coefficient (Wildman–Crippen LogP) is 1.94. The average molecular weight is 244 g/mol. The second-order valence-corrected chi connectivity index (χ2v) is 4.68. The molecule has 2 rings (SSSR count). The van der Waals surface area contributed by atoms with Crippen LogP contribution >= 0.6 is 0 Å². The third kappa shape index (κ3) is 2.76. The SMILES string of the molecule is CNC(Cc1cc(C)nn1C)c1ccc(C)nc1. The Hall–Kier alpha value is -1.68. The molecule has 0 bridgehead atoms. The van der Waals surface area contributed by atoms with Crippen LogP contribution in [-0.4, -0.2) is 21.8 Å². The third-order valence-electron chi connectivity index (χ3n) is 3.20. The van der Waals surface area contributed by atoms with Crippen molar-refractivity contribution in [2.45, 2.75) is 26.3 Å². The first kappa shape index (κ1) is 12.8. The van der Waals surface area contributed by atoms with Gasteiger partial charge >= 0.3 is 0 Å². The van der Waals surface area contributed by atoms with E-state index in [4.69, 9.17) is 0 Å². The fourth-order valence-corrected chi connectivity index (χ4v) is 2.14. The largest absolute Gasteiger partial charge is 0.313 e. The second-order valence-electron chi connectivity index (χ2n) is 4.68. The highest BCUT2D eigenvalue weighted by Gasteiger charge is 2.13. The summed E-state index contributed by atoms with van der Waals surface area (Å²) in [6, 6.07) is 6.58. The van der Waals surface area contributed by atoms with Crippen LogP contribution in [0, 0.1) is 13.8 Å². The highest BCUT2D eigenvalue weighted by Crippen LogP contribution is 2.17. The van der Waals surface area contributed by atoms with Gasteiger partial charge in [-0.05, 0) is 38.6 Å². The lowest BCUT2D eigenvalue weighted by Crippen LogP contribution is -2.20. The standard InChI is InChI=1S/C14H20N4/c1-10-5-6-12(9-16-10)14(15-3)8-13-7-11(2)17-18(13)4/h5-7,9,14-15H,8H2,1-4H3. The lowest BCUT2D eigenvalue weighted by atomic mass is 10.0. The van der Waals surface area contributed by atoms with E-state index in [1.807, 2.05) is 44.9 Å². The number of nitrogens with zero attached hydrogens (tertiary/aromatic N) is 3. The first-order chi connectivity index (χ1) is 8.60. The Balaban J connectivity index is 2.19. The number of likely N-dealkylation sites (N-methyl/N-ethyl adjacent to an activating group) is 1. The minimum atomic E-state index is 0.271. The summed E-state index contributed by atoms with van der Waals surface area (Å²) in [6.45, 7) is 4.02. The molecule has 2 aromatic rings. The maximum absolute atomic E-state index is 4.38. The van der Waals surface area contributed by atoms with Gasteiger partial charge in [-0.25, -0.2) is 0 Å². The average Bonchev–Trinajstić information content (AvgIpc) is 2.66. The smallest absolute Gasteiger partial charge is 0.0596 e. The maximum atomic E-state index is 4.38. The molecule has 0 radical (unpaired) electrons. The molecule has 0 saturated heterocycles. The van der Waals surface area contributed by atoms with Crippen molar-refractivity contribution in [2.24, 2.45) is 7.05 Å². The number of aromatic nitrogens is 3. The predicted molar refractivity (Wildman–Crippen MR) is 72.4 cm³/mol. The molecule has 2 heterocycles. The Bertz CT molecular complexity index is 513. The summed E-state index contributed by atoms with van der Waals surface area (Å²) in [4.78, 5) is 4.35. The van der Waals surface area contributed by atoms with Gasteiger partial charge in [0.2, 0.25) is 0 Å². The monoisotopic (exact) mass is 244 g/mol. The normalized spacial score (nSPS) is 12.7. The van der Waals surface area contributed by atoms with Crippen LogP contribution < -0.4 is 5.32 Å². The molecule has 4 heteroatoms. The molecule has 0 aromatic carbocycles. The van der Waals surface area contributed by atoms with E-state index in [0.29, 0.717) is 0 Å². The molecule has 0 aliphatic rings. The van der Waals surface area contributed by atoms with Crippen LogP contribution in [0.15, 0.2) is 24.4 Å². The van der Waals surface area contributed by atoms with E-state index in [0.717, 1.165) is 17.8 Å². The van der Waals surface area contributed by atoms with Crippen LogP contribution in [0.3, 0.4) is 0 Å². The van der Waals surface area contributed by atoms with E-state index in [1.165, 1.54) is 11.3 Å². The van der Waals surface area contributed by atoms with Crippen molar-refractivity contribution in [3.63, 3.8) is 0 Å². The molecule has 0 aliphatic heterocycles. The van der Waals surface area contributed by atoms with Crippen LogP contribution in [0.2, 0.25) is 0 Å². The van der Waals surface area contributed by atoms with Crippen LogP contribution in [0.5, 0.6) is 0 Å². The van der Waals surface area contributed by atoms with Crippen molar-refractivity contribution >= 4 is 0 Å². The molecular weight excluding hydrogens is 224 g/mol. The number of hydrogen-bond donors (Lipinski definition) is 1. The zero-order valence-electron chi connectivity index (χ0n) is 11.4. The molecule has 0 aliphatic carbocycles. The van der Waals surface area contributed by atoms with Gasteiger partial charge in [0.05, 0.1) is 5.69 Å². The maximum Gasteiger partial charge on any atom is 0.0596 e. The molecule has 1 unspecified atom stereocenters. The van der Waals surface area contributed by atoms with Crippen molar-refractivity contribution < 1.29 is 0 Å². The number of pyridine rings is 1. The second kappa shape index (κ2) is 5.31. The van der Waals surface area contributed by atoms with Gasteiger partial charge in [0, 0.05) is 37.1 Å². The molecule has 96 valence electrons. The van der Waals surface area contributed by atoms with Crippen LogP contribution in [0.25, 0.3) is 0 Å².